The summed E-state index contributed by atoms with van der Waals surface area (Å²) in [6, 6.07) is 5.82. The van der Waals surface area contributed by atoms with Crippen LogP contribution in [0.15, 0.2) is 36.4 Å². The topological polar surface area (TPSA) is 12.0 Å². The fourth-order valence-corrected chi connectivity index (χ4v) is 1.32. The number of rotatable bonds is 2. The first-order valence-corrected chi connectivity index (χ1v) is 4.73. The van der Waals surface area contributed by atoms with Gasteiger partial charge < -0.3 is 5.32 Å². The molecule has 0 atom stereocenters. The van der Waals surface area contributed by atoms with Gasteiger partial charge in [0.2, 0.25) is 0 Å². The molecule has 0 heterocycles. The molecule has 88 valence electrons. The lowest BCUT2D eigenvalue weighted by atomic mass is 10.2. The zero-order chi connectivity index (χ0) is 12.4. The molecular formula is C12H7F4N. The van der Waals surface area contributed by atoms with Gasteiger partial charge in [-0.3, -0.25) is 0 Å². The van der Waals surface area contributed by atoms with Crippen LogP contribution in [0.1, 0.15) is 0 Å². The van der Waals surface area contributed by atoms with Crippen molar-refractivity contribution in [2.45, 2.75) is 0 Å². The van der Waals surface area contributed by atoms with E-state index in [9.17, 15) is 17.6 Å². The highest BCUT2D eigenvalue weighted by atomic mass is 19.2. The van der Waals surface area contributed by atoms with E-state index in [4.69, 9.17) is 0 Å². The van der Waals surface area contributed by atoms with E-state index in [0.29, 0.717) is 0 Å². The van der Waals surface area contributed by atoms with Crippen LogP contribution in [0.3, 0.4) is 0 Å². The van der Waals surface area contributed by atoms with Gasteiger partial charge in [0.15, 0.2) is 11.6 Å². The molecule has 0 radical (unpaired) electrons. The molecule has 1 nitrogen and oxygen atoms in total. The van der Waals surface area contributed by atoms with Gasteiger partial charge in [-0.05, 0) is 24.3 Å². The largest absolute Gasteiger partial charge is 0.353 e. The van der Waals surface area contributed by atoms with Crippen molar-refractivity contribution >= 4 is 11.4 Å². The Labute approximate surface area is 94.7 Å². The van der Waals surface area contributed by atoms with E-state index < -0.39 is 23.3 Å². The maximum Gasteiger partial charge on any atom is 0.160 e. The van der Waals surface area contributed by atoms with Gasteiger partial charge in [-0.15, -0.1) is 0 Å². The second-order valence-corrected chi connectivity index (χ2v) is 3.38. The van der Waals surface area contributed by atoms with E-state index in [0.717, 1.165) is 30.3 Å². The fourth-order valence-electron chi connectivity index (χ4n) is 1.32. The lowest BCUT2D eigenvalue weighted by Crippen LogP contribution is -1.96. The molecule has 0 saturated heterocycles. The molecule has 2 rings (SSSR count). The van der Waals surface area contributed by atoms with E-state index >= 15 is 0 Å². The SMILES string of the molecule is Fc1ccc(F)c(Nc2ccc(F)c(F)c2)c1. The lowest BCUT2D eigenvalue weighted by Gasteiger charge is -2.07. The van der Waals surface area contributed by atoms with Crippen molar-refractivity contribution in [3.05, 3.63) is 59.7 Å². The van der Waals surface area contributed by atoms with Crippen LogP contribution in [-0.4, -0.2) is 0 Å². The summed E-state index contributed by atoms with van der Waals surface area (Å²) in [6.07, 6.45) is 0. The minimum Gasteiger partial charge on any atom is -0.353 e. The van der Waals surface area contributed by atoms with Gasteiger partial charge in [-0.2, -0.15) is 0 Å². The summed E-state index contributed by atoms with van der Waals surface area (Å²) < 4.78 is 51.6. The highest BCUT2D eigenvalue weighted by Gasteiger charge is 2.06. The first-order valence-electron chi connectivity index (χ1n) is 4.73. The Hall–Kier alpha value is -2.04. The molecule has 0 fully saturated rings. The Morgan fingerprint density at radius 2 is 1.41 bits per heavy atom. The molecule has 0 saturated carbocycles. The zero-order valence-corrected chi connectivity index (χ0v) is 8.48. The lowest BCUT2D eigenvalue weighted by molar-refractivity contribution is 0.509. The smallest absolute Gasteiger partial charge is 0.160 e. The summed E-state index contributed by atoms with van der Waals surface area (Å²) in [5.74, 6) is -3.38. The highest BCUT2D eigenvalue weighted by Crippen LogP contribution is 2.22. The molecule has 1 N–H and O–H groups in total. The van der Waals surface area contributed by atoms with E-state index in [-0.39, 0.29) is 11.4 Å². The van der Waals surface area contributed by atoms with Crippen LogP contribution < -0.4 is 5.32 Å². The molecule has 17 heavy (non-hydrogen) atoms. The Bertz CT molecular complexity index is 554. The minimum absolute atomic E-state index is 0.133. The molecule has 0 spiro atoms. The Kier molecular flexibility index (Phi) is 2.99. The predicted molar refractivity (Wildman–Crippen MR) is 56.0 cm³/mol. The minimum atomic E-state index is -1.06. The van der Waals surface area contributed by atoms with Crippen molar-refractivity contribution in [2.24, 2.45) is 0 Å². The van der Waals surface area contributed by atoms with Crippen LogP contribution in [0.5, 0.6) is 0 Å². The molecule has 0 aliphatic heterocycles. The number of anilines is 2. The van der Waals surface area contributed by atoms with Crippen LogP contribution in [0.25, 0.3) is 0 Å². The molecule has 2 aromatic rings. The second kappa shape index (κ2) is 4.45. The summed E-state index contributed by atoms with van der Waals surface area (Å²) in [5.41, 5.74) is -0.00981. The van der Waals surface area contributed by atoms with Crippen molar-refractivity contribution in [1.82, 2.24) is 0 Å². The number of hydrogen-bond donors (Lipinski definition) is 1. The van der Waals surface area contributed by atoms with Crippen molar-refractivity contribution in [2.75, 3.05) is 5.32 Å². The molecule has 0 aliphatic carbocycles. The van der Waals surface area contributed by atoms with Crippen LogP contribution in [0, 0.1) is 23.3 Å². The third-order valence-electron chi connectivity index (χ3n) is 2.13. The standard InChI is InChI=1S/C12H7F4N/c13-7-1-3-10(15)12(5-7)17-8-2-4-9(14)11(16)6-8/h1-6,17H. The predicted octanol–water partition coefficient (Wildman–Crippen LogP) is 3.99. The number of nitrogens with one attached hydrogen (secondary N) is 1. The summed E-state index contributed by atoms with van der Waals surface area (Å²) in [6.45, 7) is 0. The molecule has 5 heteroatoms. The normalized spacial score (nSPS) is 10.4. The highest BCUT2D eigenvalue weighted by molar-refractivity contribution is 5.60. The van der Waals surface area contributed by atoms with E-state index in [1.54, 1.807) is 0 Å². The van der Waals surface area contributed by atoms with Crippen LogP contribution in [0.4, 0.5) is 28.9 Å². The van der Waals surface area contributed by atoms with Crippen molar-refractivity contribution < 1.29 is 17.6 Å². The van der Waals surface area contributed by atoms with Crippen LogP contribution >= 0.6 is 0 Å². The van der Waals surface area contributed by atoms with Crippen LogP contribution in [0.2, 0.25) is 0 Å². The molecule has 0 aliphatic rings. The van der Waals surface area contributed by atoms with Gasteiger partial charge in [0, 0.05) is 17.8 Å². The van der Waals surface area contributed by atoms with Gasteiger partial charge in [-0.1, -0.05) is 0 Å². The quantitative estimate of drug-likeness (QED) is 0.784. The molecule has 0 amide bonds. The third-order valence-corrected chi connectivity index (χ3v) is 2.13. The van der Waals surface area contributed by atoms with Gasteiger partial charge in [0.1, 0.15) is 11.6 Å². The Balaban J connectivity index is 2.31. The summed E-state index contributed by atoms with van der Waals surface area (Å²) in [5, 5.41) is 2.46. The van der Waals surface area contributed by atoms with Gasteiger partial charge in [0.05, 0.1) is 5.69 Å². The summed E-state index contributed by atoms with van der Waals surface area (Å²) >= 11 is 0. The molecule has 0 unspecified atom stereocenters. The summed E-state index contributed by atoms with van der Waals surface area (Å²) in [4.78, 5) is 0. The Morgan fingerprint density at radius 3 is 2.12 bits per heavy atom. The number of halogens is 4. The first-order chi connectivity index (χ1) is 8.06. The average molecular weight is 241 g/mol. The van der Waals surface area contributed by atoms with Crippen LogP contribution in [-0.2, 0) is 0 Å². The van der Waals surface area contributed by atoms with Crippen molar-refractivity contribution in [1.29, 1.82) is 0 Å². The molecular weight excluding hydrogens is 234 g/mol. The third kappa shape index (κ3) is 2.55. The Morgan fingerprint density at radius 1 is 0.706 bits per heavy atom. The average Bonchev–Trinajstić information content (AvgIpc) is 2.29. The second-order valence-electron chi connectivity index (χ2n) is 3.38. The molecule has 2 aromatic carbocycles. The maximum absolute atomic E-state index is 13.2. The maximum atomic E-state index is 13.2. The van der Waals surface area contributed by atoms with E-state index in [1.165, 1.54) is 6.07 Å². The number of benzene rings is 2. The number of hydrogen-bond acceptors (Lipinski definition) is 1. The van der Waals surface area contributed by atoms with Gasteiger partial charge in [-0.25, -0.2) is 17.6 Å². The monoisotopic (exact) mass is 241 g/mol. The molecule has 0 bridgehead atoms. The van der Waals surface area contributed by atoms with Crippen molar-refractivity contribution in [3.8, 4) is 0 Å². The van der Waals surface area contributed by atoms with Gasteiger partial charge in [0.25, 0.3) is 0 Å². The van der Waals surface area contributed by atoms with E-state index in [1.807, 2.05) is 0 Å². The van der Waals surface area contributed by atoms with Crippen molar-refractivity contribution in [3.63, 3.8) is 0 Å². The molecule has 0 aromatic heterocycles. The first kappa shape index (κ1) is 11.4. The van der Waals surface area contributed by atoms with Gasteiger partial charge >= 0.3 is 0 Å². The van der Waals surface area contributed by atoms with E-state index in [2.05, 4.69) is 5.32 Å². The fraction of sp³-hybridized carbons (Fsp3) is 0. The summed E-state index contributed by atoms with van der Waals surface area (Å²) in [7, 11) is 0. The zero-order valence-electron chi connectivity index (χ0n) is 8.48.